The van der Waals surface area contributed by atoms with Crippen molar-refractivity contribution in [1.82, 2.24) is 9.47 Å². The summed E-state index contributed by atoms with van der Waals surface area (Å²) in [4.78, 5) is 2.45. The molecule has 1 aromatic heterocycles. The third kappa shape index (κ3) is 2.74. The van der Waals surface area contributed by atoms with Gasteiger partial charge in [0.15, 0.2) is 0 Å². The molecule has 1 heterocycles. The Kier molecular flexibility index (Phi) is 4.39. The summed E-state index contributed by atoms with van der Waals surface area (Å²) >= 11 is 0. The number of quaternary nitrogens is 1. The van der Waals surface area contributed by atoms with E-state index >= 15 is 0 Å². The van der Waals surface area contributed by atoms with E-state index in [-0.39, 0.29) is 0 Å². The minimum atomic E-state index is 1.05. The molecule has 1 aromatic carbocycles. The second kappa shape index (κ2) is 6.03. The molecule has 18 heavy (non-hydrogen) atoms. The molecule has 0 aliphatic heterocycles. The van der Waals surface area contributed by atoms with Crippen molar-refractivity contribution < 1.29 is 5.32 Å². The molecule has 0 saturated carbocycles. The van der Waals surface area contributed by atoms with Crippen LogP contribution in [0.15, 0.2) is 30.5 Å². The molecule has 0 bridgehead atoms. The van der Waals surface area contributed by atoms with Gasteiger partial charge in [-0.05, 0) is 31.3 Å². The number of likely N-dealkylation sites (N-methyl/N-ethyl adjacent to an activating group) is 1. The number of nitrogens with two attached hydrogens (primary N) is 1. The molecule has 2 rings (SSSR count). The summed E-state index contributed by atoms with van der Waals surface area (Å²) in [7, 11) is 3.81. The van der Waals surface area contributed by atoms with Crippen LogP contribution < -0.4 is 5.32 Å². The van der Waals surface area contributed by atoms with E-state index in [4.69, 9.17) is 0 Å². The number of fused-ring (bicyclic) bond motifs is 1. The molecule has 0 saturated heterocycles. The van der Waals surface area contributed by atoms with Crippen molar-refractivity contribution >= 4 is 16.6 Å². The van der Waals surface area contributed by atoms with E-state index in [1.165, 1.54) is 16.6 Å². The molecule has 0 atom stereocenters. The minimum Gasteiger partial charge on any atom is -0.446 e. The Bertz CT molecular complexity index is 497. The maximum atomic E-state index is 3.81. The maximum Gasteiger partial charge on any atom is 0.104 e. The number of nitrogens with zero attached hydrogens (tertiary/aromatic N) is 2. The summed E-state index contributed by atoms with van der Waals surface area (Å²) in [6, 6.07) is 8.69. The first-order valence-electron chi connectivity index (χ1n) is 6.72. The summed E-state index contributed by atoms with van der Waals surface area (Å²) < 4.78 is 2.33. The first kappa shape index (κ1) is 13.1. The SMILES string of the molecule is [CH2-][NH2+]c1ccc2c(ccn2CCN(CC)CC)c1. The molecule has 3 heteroatoms. The van der Waals surface area contributed by atoms with Crippen LogP contribution in [0.3, 0.4) is 0 Å². The number of aromatic nitrogens is 1. The van der Waals surface area contributed by atoms with E-state index in [2.05, 4.69) is 60.8 Å². The van der Waals surface area contributed by atoms with Crippen LogP contribution in [0.1, 0.15) is 13.8 Å². The summed E-state index contributed by atoms with van der Waals surface area (Å²) in [5, 5.41) is 3.19. The first-order valence-corrected chi connectivity index (χ1v) is 6.72. The lowest BCUT2D eigenvalue weighted by Crippen LogP contribution is -2.69. The van der Waals surface area contributed by atoms with E-state index in [9.17, 15) is 0 Å². The topological polar surface area (TPSA) is 24.8 Å². The molecule has 3 nitrogen and oxygen atoms in total. The predicted octanol–water partition coefficient (Wildman–Crippen LogP) is 1.97. The molecule has 2 aromatic rings. The standard InChI is InChI=1S/C15H23N3/c1-4-17(5-2)10-11-18-9-8-13-12-14(16-3)6-7-15(13)18/h6-9,12H,3-5,10-11,16H2,1-2H3. The largest absolute Gasteiger partial charge is 0.446 e. The van der Waals surface area contributed by atoms with E-state index in [1.54, 1.807) is 0 Å². The lowest BCUT2D eigenvalue weighted by atomic mass is 10.2. The molecule has 0 aliphatic rings. The molecule has 0 amide bonds. The van der Waals surface area contributed by atoms with Crippen LogP contribution in [0.2, 0.25) is 0 Å². The second-order valence-electron chi connectivity index (χ2n) is 4.56. The smallest absolute Gasteiger partial charge is 0.104 e. The zero-order valence-electron chi connectivity index (χ0n) is 11.4. The van der Waals surface area contributed by atoms with Crippen molar-refractivity contribution in [3.8, 4) is 0 Å². The molecule has 98 valence electrons. The van der Waals surface area contributed by atoms with Crippen LogP contribution in [0.4, 0.5) is 5.69 Å². The van der Waals surface area contributed by atoms with Gasteiger partial charge in [-0.3, -0.25) is 0 Å². The third-order valence-corrected chi connectivity index (χ3v) is 3.58. The van der Waals surface area contributed by atoms with Crippen molar-refractivity contribution in [3.05, 3.63) is 37.5 Å². The van der Waals surface area contributed by atoms with Gasteiger partial charge in [0, 0.05) is 36.3 Å². The van der Waals surface area contributed by atoms with E-state index < -0.39 is 0 Å². The van der Waals surface area contributed by atoms with Crippen molar-refractivity contribution in [1.29, 1.82) is 0 Å². The van der Waals surface area contributed by atoms with Crippen LogP contribution in [-0.4, -0.2) is 29.1 Å². The van der Waals surface area contributed by atoms with E-state index in [1.807, 2.05) is 5.32 Å². The second-order valence-corrected chi connectivity index (χ2v) is 4.56. The zero-order valence-corrected chi connectivity index (χ0v) is 11.4. The van der Waals surface area contributed by atoms with Gasteiger partial charge in [-0.2, -0.15) is 0 Å². The Morgan fingerprint density at radius 2 is 2.00 bits per heavy atom. The monoisotopic (exact) mass is 245 g/mol. The molecule has 0 radical (unpaired) electrons. The fourth-order valence-corrected chi connectivity index (χ4v) is 2.33. The van der Waals surface area contributed by atoms with Crippen LogP contribution in [0, 0.1) is 7.05 Å². The number of rotatable bonds is 6. The van der Waals surface area contributed by atoms with Gasteiger partial charge in [-0.1, -0.05) is 13.8 Å². The maximum absolute atomic E-state index is 3.81. The van der Waals surface area contributed by atoms with Gasteiger partial charge in [-0.15, -0.1) is 7.05 Å². The highest BCUT2D eigenvalue weighted by Crippen LogP contribution is 2.18. The Morgan fingerprint density at radius 1 is 1.22 bits per heavy atom. The fraction of sp³-hybridized carbons (Fsp3) is 0.400. The molecule has 0 fully saturated rings. The van der Waals surface area contributed by atoms with Crippen molar-refractivity contribution in [2.45, 2.75) is 20.4 Å². The Labute approximate surface area is 109 Å². The normalized spacial score (nSPS) is 11.6. The lowest BCUT2D eigenvalue weighted by Gasteiger charge is -2.18. The Balaban J connectivity index is 2.14. The van der Waals surface area contributed by atoms with Crippen LogP contribution >= 0.6 is 0 Å². The van der Waals surface area contributed by atoms with Gasteiger partial charge in [0.2, 0.25) is 0 Å². The van der Waals surface area contributed by atoms with Crippen LogP contribution in [-0.2, 0) is 6.54 Å². The number of hydrogen-bond donors (Lipinski definition) is 1. The highest BCUT2D eigenvalue weighted by atomic mass is 15.1. The summed E-state index contributed by atoms with van der Waals surface area (Å²) in [6.45, 7) is 8.84. The van der Waals surface area contributed by atoms with Gasteiger partial charge in [0.05, 0.1) is 0 Å². The van der Waals surface area contributed by atoms with Crippen molar-refractivity contribution in [2.24, 2.45) is 0 Å². The minimum absolute atomic E-state index is 1.05. The quantitative estimate of drug-likeness (QED) is 0.611. The fourth-order valence-electron chi connectivity index (χ4n) is 2.33. The average Bonchev–Trinajstić information content (AvgIpc) is 2.82. The van der Waals surface area contributed by atoms with Gasteiger partial charge in [0.1, 0.15) is 5.69 Å². The molecule has 0 spiro atoms. The van der Waals surface area contributed by atoms with Gasteiger partial charge < -0.3 is 14.8 Å². The van der Waals surface area contributed by atoms with Gasteiger partial charge in [0.25, 0.3) is 0 Å². The highest BCUT2D eigenvalue weighted by Gasteiger charge is 2.04. The summed E-state index contributed by atoms with van der Waals surface area (Å²) in [6.07, 6.45) is 2.18. The average molecular weight is 245 g/mol. The van der Waals surface area contributed by atoms with Crippen molar-refractivity contribution in [3.63, 3.8) is 0 Å². The zero-order chi connectivity index (χ0) is 13.0. The van der Waals surface area contributed by atoms with Crippen molar-refractivity contribution in [2.75, 3.05) is 19.6 Å². The number of hydrogen-bond acceptors (Lipinski definition) is 1. The van der Waals surface area contributed by atoms with Crippen LogP contribution in [0.25, 0.3) is 10.9 Å². The van der Waals surface area contributed by atoms with Gasteiger partial charge in [-0.25, -0.2) is 0 Å². The molecular weight excluding hydrogens is 222 g/mol. The summed E-state index contributed by atoms with van der Waals surface area (Å²) in [5.74, 6) is 0. The number of benzene rings is 1. The van der Waals surface area contributed by atoms with Crippen LogP contribution in [0.5, 0.6) is 0 Å². The molecule has 0 aliphatic carbocycles. The summed E-state index contributed by atoms with van der Waals surface area (Å²) in [5.41, 5.74) is 2.50. The van der Waals surface area contributed by atoms with E-state index in [0.29, 0.717) is 0 Å². The molecule has 2 N–H and O–H groups in total. The highest BCUT2D eigenvalue weighted by molar-refractivity contribution is 5.82. The van der Waals surface area contributed by atoms with E-state index in [0.717, 1.165) is 26.2 Å². The van der Waals surface area contributed by atoms with Gasteiger partial charge >= 0.3 is 0 Å². The first-order chi connectivity index (χ1) is 8.78. The Morgan fingerprint density at radius 3 is 2.67 bits per heavy atom. The third-order valence-electron chi connectivity index (χ3n) is 3.58. The molecular formula is C15H23N3. The Hall–Kier alpha value is -1.32. The molecule has 0 unspecified atom stereocenters. The lowest BCUT2D eigenvalue weighted by molar-refractivity contribution is -0.504. The predicted molar refractivity (Wildman–Crippen MR) is 76.7 cm³/mol.